The Balaban J connectivity index is 1.57. The molecule has 164 valence electrons. The standard InChI is InChI=1S/C21H24N4O5S/c1-14(26)15-4-6-17(7-5-15)30-12-16(27)13-31-21-24-23-20(9-8-19(22)28)25(21)11-18-3-2-10-29-18/h2-7,10,16,27H,8-9,11-13H2,1H3,(H2,22,28). The van der Waals surface area contributed by atoms with Gasteiger partial charge in [-0.3, -0.25) is 14.2 Å². The van der Waals surface area contributed by atoms with Crippen LogP contribution in [0.2, 0.25) is 0 Å². The van der Waals surface area contributed by atoms with Gasteiger partial charge in [-0.1, -0.05) is 11.8 Å². The van der Waals surface area contributed by atoms with E-state index in [-0.39, 0.29) is 18.8 Å². The third-order valence-electron chi connectivity index (χ3n) is 4.39. The molecule has 0 fully saturated rings. The lowest BCUT2D eigenvalue weighted by molar-refractivity contribution is -0.118. The Kier molecular flexibility index (Phi) is 7.85. The average molecular weight is 445 g/mol. The van der Waals surface area contributed by atoms with Gasteiger partial charge in [-0.25, -0.2) is 0 Å². The topological polar surface area (TPSA) is 133 Å². The van der Waals surface area contributed by atoms with Gasteiger partial charge in [0.1, 0.15) is 23.9 Å². The smallest absolute Gasteiger partial charge is 0.217 e. The zero-order chi connectivity index (χ0) is 22.2. The Bertz CT molecular complexity index is 1000. The summed E-state index contributed by atoms with van der Waals surface area (Å²) in [6, 6.07) is 10.4. The van der Waals surface area contributed by atoms with Crippen molar-refractivity contribution in [2.45, 2.75) is 37.6 Å². The maximum Gasteiger partial charge on any atom is 0.217 e. The van der Waals surface area contributed by atoms with Crippen molar-refractivity contribution in [3.05, 3.63) is 59.8 Å². The van der Waals surface area contributed by atoms with Crippen molar-refractivity contribution < 1.29 is 23.8 Å². The molecule has 10 heteroatoms. The number of carbonyl (C=O) groups excluding carboxylic acids is 2. The van der Waals surface area contributed by atoms with Crippen molar-refractivity contribution in [3.8, 4) is 5.75 Å². The number of nitrogens with zero attached hydrogens (tertiary/aromatic N) is 3. The molecule has 2 aromatic heterocycles. The number of aryl methyl sites for hydroxylation is 1. The van der Waals surface area contributed by atoms with Crippen LogP contribution in [0.4, 0.5) is 0 Å². The second kappa shape index (κ2) is 10.8. The fourth-order valence-electron chi connectivity index (χ4n) is 2.76. The minimum atomic E-state index is -0.750. The van der Waals surface area contributed by atoms with E-state index in [9.17, 15) is 14.7 Å². The Hall–Kier alpha value is -3.11. The maximum absolute atomic E-state index is 11.3. The van der Waals surface area contributed by atoms with Gasteiger partial charge in [-0.2, -0.15) is 0 Å². The molecular formula is C21H24N4O5S. The largest absolute Gasteiger partial charge is 0.491 e. The predicted molar refractivity (Wildman–Crippen MR) is 114 cm³/mol. The number of hydrogen-bond donors (Lipinski definition) is 2. The van der Waals surface area contributed by atoms with Crippen molar-refractivity contribution >= 4 is 23.5 Å². The second-order valence-electron chi connectivity index (χ2n) is 6.89. The van der Waals surface area contributed by atoms with Gasteiger partial charge in [0, 0.05) is 24.2 Å². The molecule has 0 bridgehead atoms. The first-order valence-corrected chi connectivity index (χ1v) is 10.7. The number of thioether (sulfide) groups is 1. The van der Waals surface area contributed by atoms with Crippen molar-refractivity contribution in [3.63, 3.8) is 0 Å². The molecule has 3 N–H and O–H groups in total. The maximum atomic E-state index is 11.3. The number of ether oxygens (including phenoxy) is 1. The van der Waals surface area contributed by atoms with E-state index in [4.69, 9.17) is 14.9 Å². The summed E-state index contributed by atoms with van der Waals surface area (Å²) >= 11 is 1.33. The number of carbonyl (C=O) groups is 2. The van der Waals surface area contributed by atoms with Crippen LogP contribution in [-0.2, 0) is 17.8 Å². The highest BCUT2D eigenvalue weighted by molar-refractivity contribution is 7.99. The highest BCUT2D eigenvalue weighted by Gasteiger charge is 2.17. The Morgan fingerprint density at radius 2 is 2.03 bits per heavy atom. The molecule has 3 aromatic rings. The number of nitrogens with two attached hydrogens (primary N) is 1. The highest BCUT2D eigenvalue weighted by atomic mass is 32.2. The summed E-state index contributed by atoms with van der Waals surface area (Å²) in [5.41, 5.74) is 5.86. The number of rotatable bonds is 12. The second-order valence-corrected chi connectivity index (χ2v) is 7.87. The van der Waals surface area contributed by atoms with Gasteiger partial charge in [0.25, 0.3) is 0 Å². The quantitative estimate of drug-likeness (QED) is 0.320. The molecule has 0 saturated carbocycles. The van der Waals surface area contributed by atoms with Gasteiger partial charge in [-0.05, 0) is 43.3 Å². The van der Waals surface area contributed by atoms with Gasteiger partial charge in [0.05, 0.1) is 18.9 Å². The number of ketones is 1. The van der Waals surface area contributed by atoms with Gasteiger partial charge < -0.3 is 20.0 Å². The molecular weight excluding hydrogens is 420 g/mol. The van der Waals surface area contributed by atoms with Gasteiger partial charge in [0.2, 0.25) is 5.91 Å². The molecule has 0 aliphatic heterocycles. The molecule has 0 saturated heterocycles. The summed E-state index contributed by atoms with van der Waals surface area (Å²) in [5, 5.41) is 19.3. The Morgan fingerprint density at radius 3 is 2.68 bits per heavy atom. The number of furan rings is 1. The fourth-order valence-corrected chi connectivity index (χ4v) is 3.62. The summed E-state index contributed by atoms with van der Waals surface area (Å²) in [7, 11) is 0. The molecule has 31 heavy (non-hydrogen) atoms. The summed E-state index contributed by atoms with van der Waals surface area (Å²) < 4.78 is 12.9. The van der Waals surface area contributed by atoms with Crippen LogP contribution in [0.5, 0.6) is 5.75 Å². The molecule has 1 amide bonds. The van der Waals surface area contributed by atoms with E-state index in [1.807, 2.05) is 10.6 Å². The Morgan fingerprint density at radius 1 is 1.26 bits per heavy atom. The van der Waals surface area contributed by atoms with Crippen molar-refractivity contribution in [2.24, 2.45) is 5.73 Å². The van der Waals surface area contributed by atoms with Crippen LogP contribution in [0.25, 0.3) is 0 Å². The minimum Gasteiger partial charge on any atom is -0.491 e. The van der Waals surface area contributed by atoms with Crippen molar-refractivity contribution in [1.82, 2.24) is 14.8 Å². The van der Waals surface area contributed by atoms with Crippen molar-refractivity contribution in [2.75, 3.05) is 12.4 Å². The molecule has 0 aliphatic carbocycles. The highest BCUT2D eigenvalue weighted by Crippen LogP contribution is 2.21. The SMILES string of the molecule is CC(=O)c1ccc(OCC(O)CSc2nnc(CCC(N)=O)n2Cc2ccco2)cc1. The van der Waals surface area contributed by atoms with Crippen LogP contribution in [0.15, 0.2) is 52.2 Å². The molecule has 1 unspecified atom stereocenters. The number of aliphatic hydroxyl groups is 1. The van der Waals surface area contributed by atoms with Crippen LogP contribution >= 0.6 is 11.8 Å². The molecule has 1 atom stereocenters. The zero-order valence-corrected chi connectivity index (χ0v) is 17.9. The number of aromatic nitrogens is 3. The van der Waals surface area contributed by atoms with Crippen LogP contribution in [0, 0.1) is 0 Å². The third kappa shape index (κ3) is 6.69. The molecule has 0 spiro atoms. The third-order valence-corrected chi connectivity index (χ3v) is 5.50. The molecule has 0 radical (unpaired) electrons. The summed E-state index contributed by atoms with van der Waals surface area (Å²) in [6.45, 7) is 2.00. The first-order chi connectivity index (χ1) is 14.9. The first-order valence-electron chi connectivity index (χ1n) is 9.70. The molecule has 9 nitrogen and oxygen atoms in total. The van der Waals surface area contributed by atoms with Gasteiger partial charge >= 0.3 is 0 Å². The zero-order valence-electron chi connectivity index (χ0n) is 17.1. The van der Waals surface area contributed by atoms with E-state index < -0.39 is 12.0 Å². The van der Waals surface area contributed by atoms with Gasteiger partial charge in [0.15, 0.2) is 10.9 Å². The number of aliphatic hydroxyl groups excluding tert-OH is 1. The fraction of sp³-hybridized carbons (Fsp3) is 0.333. The summed E-state index contributed by atoms with van der Waals surface area (Å²) in [6.07, 6.45) is 1.37. The molecule has 1 aromatic carbocycles. The number of Topliss-reactive ketones (excluding diaryl/α,β-unsaturated/α-hetero) is 1. The lowest BCUT2D eigenvalue weighted by Crippen LogP contribution is -2.20. The summed E-state index contributed by atoms with van der Waals surface area (Å²) in [4.78, 5) is 22.5. The van der Waals surface area contributed by atoms with E-state index in [0.29, 0.717) is 41.0 Å². The molecule has 0 aliphatic rings. The normalized spacial score (nSPS) is 11.9. The van der Waals surface area contributed by atoms with E-state index in [0.717, 1.165) is 5.76 Å². The molecule has 3 rings (SSSR count). The average Bonchev–Trinajstić information content (AvgIpc) is 3.40. The molecule has 2 heterocycles. The van der Waals surface area contributed by atoms with E-state index >= 15 is 0 Å². The van der Waals surface area contributed by atoms with Crippen LogP contribution < -0.4 is 10.5 Å². The lowest BCUT2D eigenvalue weighted by Gasteiger charge is -2.13. The van der Waals surface area contributed by atoms with Crippen LogP contribution in [-0.4, -0.2) is 50.0 Å². The number of benzene rings is 1. The number of amides is 1. The van der Waals surface area contributed by atoms with Crippen molar-refractivity contribution in [1.29, 1.82) is 0 Å². The Labute approximate surface area is 183 Å². The van der Waals surface area contributed by atoms with E-state index in [2.05, 4.69) is 10.2 Å². The first kappa shape index (κ1) is 22.6. The monoisotopic (exact) mass is 444 g/mol. The van der Waals surface area contributed by atoms with Crippen LogP contribution in [0.1, 0.15) is 35.3 Å². The summed E-state index contributed by atoms with van der Waals surface area (Å²) in [5.74, 6) is 1.82. The van der Waals surface area contributed by atoms with E-state index in [1.165, 1.54) is 18.7 Å². The minimum absolute atomic E-state index is 0.0168. The lowest BCUT2D eigenvalue weighted by atomic mass is 10.1. The van der Waals surface area contributed by atoms with Gasteiger partial charge in [-0.15, -0.1) is 10.2 Å². The number of primary amides is 1. The predicted octanol–water partition coefficient (Wildman–Crippen LogP) is 2.07. The van der Waals surface area contributed by atoms with E-state index in [1.54, 1.807) is 36.6 Å². The number of hydrogen-bond acceptors (Lipinski definition) is 8. The van der Waals surface area contributed by atoms with Crippen LogP contribution in [0.3, 0.4) is 0 Å².